The summed E-state index contributed by atoms with van der Waals surface area (Å²) in [4.78, 5) is 16.7. The minimum absolute atomic E-state index is 0.288. The fourth-order valence-electron chi connectivity index (χ4n) is 2.96. The quantitative estimate of drug-likeness (QED) is 0.914. The van der Waals surface area contributed by atoms with E-state index in [1.807, 2.05) is 40.9 Å². The molecule has 2 saturated heterocycles. The average molecular weight is 340 g/mol. The van der Waals surface area contributed by atoms with Crippen LogP contribution >= 0.6 is 23.4 Å². The van der Waals surface area contributed by atoms with Gasteiger partial charge < -0.3 is 15.1 Å². The van der Waals surface area contributed by atoms with Gasteiger partial charge in [-0.2, -0.15) is 11.8 Å². The lowest BCUT2D eigenvalue weighted by Crippen LogP contribution is -2.50. The number of hydrogen-bond acceptors (Lipinski definition) is 4. The van der Waals surface area contributed by atoms with Crippen molar-refractivity contribution in [3.63, 3.8) is 0 Å². The molecule has 2 heterocycles. The zero-order chi connectivity index (χ0) is 15.4. The largest absolute Gasteiger partial charge is 0.368 e. The lowest BCUT2D eigenvalue weighted by atomic mass is 10.2. The standard InChI is InChI=1S/C16H22ClN3OS/c17-13-1-3-15(4-2-13)19-6-8-20(9-7-19)16(21)11-14-12-22-10-5-18-14/h1-4,14,18H,5-12H2. The fourth-order valence-corrected chi connectivity index (χ4v) is 4.03. The van der Waals surface area contributed by atoms with Crippen LogP contribution in [0.3, 0.4) is 0 Å². The van der Waals surface area contributed by atoms with Gasteiger partial charge >= 0.3 is 0 Å². The first kappa shape index (κ1) is 16.0. The van der Waals surface area contributed by atoms with Crippen LogP contribution in [0.5, 0.6) is 0 Å². The Bertz CT molecular complexity index is 497. The maximum absolute atomic E-state index is 12.4. The van der Waals surface area contributed by atoms with E-state index in [4.69, 9.17) is 11.6 Å². The van der Waals surface area contributed by atoms with Crippen molar-refractivity contribution in [1.29, 1.82) is 0 Å². The van der Waals surface area contributed by atoms with E-state index in [9.17, 15) is 4.79 Å². The summed E-state index contributed by atoms with van der Waals surface area (Å²) >= 11 is 7.87. The monoisotopic (exact) mass is 339 g/mol. The highest BCUT2D eigenvalue weighted by molar-refractivity contribution is 7.99. The molecule has 1 aromatic carbocycles. The maximum Gasteiger partial charge on any atom is 0.224 e. The van der Waals surface area contributed by atoms with Crippen LogP contribution in [0.1, 0.15) is 6.42 Å². The van der Waals surface area contributed by atoms with Gasteiger partial charge in [-0.05, 0) is 24.3 Å². The van der Waals surface area contributed by atoms with Gasteiger partial charge in [-0.25, -0.2) is 0 Å². The predicted octanol–water partition coefficient (Wildman–Crippen LogP) is 2.08. The number of nitrogens with zero attached hydrogens (tertiary/aromatic N) is 2. The van der Waals surface area contributed by atoms with Crippen LogP contribution in [0.15, 0.2) is 24.3 Å². The lowest BCUT2D eigenvalue weighted by molar-refractivity contribution is -0.131. The lowest BCUT2D eigenvalue weighted by Gasteiger charge is -2.37. The van der Waals surface area contributed by atoms with Crippen molar-refractivity contribution in [2.75, 3.05) is 49.1 Å². The number of thioether (sulfide) groups is 1. The van der Waals surface area contributed by atoms with E-state index in [1.54, 1.807) is 0 Å². The summed E-state index contributed by atoms with van der Waals surface area (Å²) < 4.78 is 0. The molecule has 2 aliphatic rings. The number of benzene rings is 1. The number of anilines is 1. The molecule has 0 bridgehead atoms. The molecular weight excluding hydrogens is 318 g/mol. The first-order valence-electron chi connectivity index (χ1n) is 7.82. The van der Waals surface area contributed by atoms with Crippen LogP contribution in [0.4, 0.5) is 5.69 Å². The average Bonchev–Trinajstić information content (AvgIpc) is 2.57. The third-order valence-electron chi connectivity index (χ3n) is 4.24. The highest BCUT2D eigenvalue weighted by Gasteiger charge is 2.24. The van der Waals surface area contributed by atoms with Crippen LogP contribution < -0.4 is 10.2 Å². The van der Waals surface area contributed by atoms with Crippen LogP contribution in [0.25, 0.3) is 0 Å². The summed E-state index contributed by atoms with van der Waals surface area (Å²) in [6.07, 6.45) is 0.633. The first-order valence-corrected chi connectivity index (χ1v) is 9.35. The SMILES string of the molecule is O=C(CC1CSCCN1)N1CCN(c2ccc(Cl)cc2)CC1. The Morgan fingerprint density at radius 2 is 1.95 bits per heavy atom. The molecule has 1 atom stereocenters. The Kier molecular flexibility index (Phi) is 5.50. The van der Waals surface area contributed by atoms with E-state index in [0.717, 1.165) is 49.3 Å². The van der Waals surface area contributed by atoms with Crippen molar-refractivity contribution < 1.29 is 4.79 Å². The van der Waals surface area contributed by atoms with E-state index in [1.165, 1.54) is 5.69 Å². The molecule has 0 aromatic heterocycles. The van der Waals surface area contributed by atoms with Gasteiger partial charge in [0.2, 0.25) is 5.91 Å². The summed E-state index contributed by atoms with van der Waals surface area (Å²) in [5.74, 6) is 2.50. The van der Waals surface area contributed by atoms with Gasteiger partial charge in [-0.1, -0.05) is 11.6 Å². The highest BCUT2D eigenvalue weighted by atomic mass is 35.5. The maximum atomic E-state index is 12.4. The summed E-state index contributed by atoms with van der Waals surface area (Å²) in [5.41, 5.74) is 1.18. The van der Waals surface area contributed by atoms with E-state index in [2.05, 4.69) is 10.2 Å². The second-order valence-corrected chi connectivity index (χ2v) is 7.36. The minimum atomic E-state index is 0.288. The van der Waals surface area contributed by atoms with E-state index in [0.29, 0.717) is 12.5 Å². The zero-order valence-corrected chi connectivity index (χ0v) is 14.2. The van der Waals surface area contributed by atoms with Crippen molar-refractivity contribution in [3.05, 3.63) is 29.3 Å². The minimum Gasteiger partial charge on any atom is -0.368 e. The van der Waals surface area contributed by atoms with Gasteiger partial charge in [-0.3, -0.25) is 4.79 Å². The third-order valence-corrected chi connectivity index (χ3v) is 5.63. The summed E-state index contributed by atoms with van der Waals surface area (Å²) in [5, 5.41) is 4.20. The molecule has 3 rings (SSSR count). The van der Waals surface area contributed by atoms with Crippen LogP contribution in [-0.2, 0) is 4.79 Å². The van der Waals surface area contributed by atoms with Crippen LogP contribution in [0.2, 0.25) is 5.02 Å². The van der Waals surface area contributed by atoms with Gasteiger partial charge in [0.05, 0.1) is 0 Å². The highest BCUT2D eigenvalue weighted by Crippen LogP contribution is 2.20. The molecule has 4 nitrogen and oxygen atoms in total. The van der Waals surface area contributed by atoms with Gasteiger partial charge in [-0.15, -0.1) is 0 Å². The molecule has 1 aromatic rings. The van der Waals surface area contributed by atoms with Gasteiger partial charge in [0, 0.05) is 67.4 Å². The van der Waals surface area contributed by atoms with Crippen LogP contribution in [0, 0.1) is 0 Å². The summed E-state index contributed by atoms with van der Waals surface area (Å²) in [6, 6.07) is 8.27. The Morgan fingerprint density at radius 3 is 2.59 bits per heavy atom. The molecule has 0 aliphatic carbocycles. The van der Waals surface area contributed by atoms with Gasteiger partial charge in [0.25, 0.3) is 0 Å². The molecular formula is C16H22ClN3OS. The molecule has 120 valence electrons. The smallest absolute Gasteiger partial charge is 0.224 e. The Hall–Kier alpha value is -0.910. The molecule has 0 saturated carbocycles. The van der Waals surface area contributed by atoms with Gasteiger partial charge in [0.1, 0.15) is 0 Å². The fraction of sp³-hybridized carbons (Fsp3) is 0.562. The predicted molar refractivity (Wildman–Crippen MR) is 94.0 cm³/mol. The number of carbonyl (C=O) groups is 1. The number of halogens is 1. The summed E-state index contributed by atoms with van der Waals surface area (Å²) in [6.45, 7) is 4.41. The van der Waals surface area contributed by atoms with Gasteiger partial charge in [0.15, 0.2) is 0 Å². The van der Waals surface area contributed by atoms with Crippen molar-refractivity contribution in [2.24, 2.45) is 0 Å². The number of rotatable bonds is 3. The number of piperazine rings is 1. The molecule has 0 radical (unpaired) electrons. The third kappa shape index (κ3) is 4.09. The molecule has 2 fully saturated rings. The first-order chi connectivity index (χ1) is 10.7. The second-order valence-electron chi connectivity index (χ2n) is 5.77. The Morgan fingerprint density at radius 1 is 1.23 bits per heavy atom. The van der Waals surface area contributed by atoms with E-state index >= 15 is 0 Å². The second kappa shape index (κ2) is 7.57. The molecule has 22 heavy (non-hydrogen) atoms. The Balaban J connectivity index is 1.48. The molecule has 2 aliphatic heterocycles. The molecule has 6 heteroatoms. The number of nitrogens with one attached hydrogen (secondary N) is 1. The number of hydrogen-bond donors (Lipinski definition) is 1. The molecule has 0 spiro atoms. The number of carbonyl (C=O) groups excluding carboxylic acids is 1. The van der Waals surface area contributed by atoms with Crippen molar-refractivity contribution in [2.45, 2.75) is 12.5 Å². The van der Waals surface area contributed by atoms with Crippen molar-refractivity contribution >= 4 is 35.0 Å². The van der Waals surface area contributed by atoms with E-state index < -0.39 is 0 Å². The Labute approximate surface area is 141 Å². The molecule has 1 N–H and O–H groups in total. The zero-order valence-electron chi connectivity index (χ0n) is 12.6. The number of amides is 1. The normalized spacial score (nSPS) is 22.7. The van der Waals surface area contributed by atoms with E-state index in [-0.39, 0.29) is 5.91 Å². The topological polar surface area (TPSA) is 35.6 Å². The van der Waals surface area contributed by atoms with Crippen LogP contribution in [-0.4, -0.2) is 61.1 Å². The van der Waals surface area contributed by atoms with Crippen molar-refractivity contribution in [3.8, 4) is 0 Å². The summed E-state index contributed by atoms with van der Waals surface area (Å²) in [7, 11) is 0. The molecule has 1 unspecified atom stereocenters. The molecule has 1 amide bonds. The van der Waals surface area contributed by atoms with Crippen molar-refractivity contribution in [1.82, 2.24) is 10.2 Å².